The first-order valence-corrected chi connectivity index (χ1v) is 5.14. The van der Waals surface area contributed by atoms with Crippen LogP contribution in [0.5, 0.6) is 5.75 Å². The number of benzene rings is 1. The van der Waals surface area contributed by atoms with E-state index in [9.17, 15) is 0 Å². The smallest absolute Gasteiger partial charge is 0.142 e. The zero-order valence-corrected chi connectivity index (χ0v) is 9.97. The van der Waals surface area contributed by atoms with E-state index in [0.717, 1.165) is 11.4 Å². The highest BCUT2D eigenvalue weighted by atomic mass is 35.5. The Balaban J connectivity index is 2.77. The molecular weight excluding hydrogens is 214 g/mol. The number of hydrogen-bond donors (Lipinski definition) is 1. The third-order valence-electron chi connectivity index (χ3n) is 1.98. The van der Waals surface area contributed by atoms with Gasteiger partial charge in [0.1, 0.15) is 5.75 Å². The van der Waals surface area contributed by atoms with Crippen molar-refractivity contribution in [3.8, 4) is 5.75 Å². The molecule has 4 heteroatoms. The molecule has 0 aliphatic heterocycles. The lowest BCUT2D eigenvalue weighted by molar-refractivity contribution is 0.190. The van der Waals surface area contributed by atoms with Gasteiger partial charge in [0, 0.05) is 18.2 Å². The van der Waals surface area contributed by atoms with Gasteiger partial charge in [-0.15, -0.1) is 0 Å². The molecule has 1 N–H and O–H groups in total. The van der Waals surface area contributed by atoms with Crippen LogP contribution in [0, 0.1) is 0 Å². The van der Waals surface area contributed by atoms with Gasteiger partial charge in [-0.25, -0.2) is 0 Å². The molecule has 3 nitrogen and oxygen atoms in total. The van der Waals surface area contributed by atoms with Crippen LogP contribution < -0.4 is 10.1 Å². The van der Waals surface area contributed by atoms with Crippen molar-refractivity contribution in [2.45, 2.75) is 13.0 Å². The minimum atomic E-state index is 0.211. The zero-order valence-electron chi connectivity index (χ0n) is 9.21. The summed E-state index contributed by atoms with van der Waals surface area (Å²) in [5.74, 6) is 0.780. The largest absolute Gasteiger partial charge is 0.495 e. The summed E-state index contributed by atoms with van der Waals surface area (Å²) in [6.07, 6.45) is 0. The normalized spacial score (nSPS) is 12.3. The van der Waals surface area contributed by atoms with Gasteiger partial charge in [-0.3, -0.25) is 0 Å². The molecule has 1 unspecified atom stereocenters. The first-order chi connectivity index (χ1) is 7.17. The molecule has 0 amide bonds. The molecule has 0 bridgehead atoms. The van der Waals surface area contributed by atoms with E-state index < -0.39 is 0 Å². The predicted molar refractivity (Wildman–Crippen MR) is 63.0 cm³/mol. The summed E-state index contributed by atoms with van der Waals surface area (Å²) in [4.78, 5) is 0. The van der Waals surface area contributed by atoms with Crippen molar-refractivity contribution in [3.05, 3.63) is 23.2 Å². The topological polar surface area (TPSA) is 30.5 Å². The first-order valence-electron chi connectivity index (χ1n) is 4.76. The Kier molecular flexibility index (Phi) is 4.72. The van der Waals surface area contributed by atoms with E-state index in [-0.39, 0.29) is 6.04 Å². The quantitative estimate of drug-likeness (QED) is 0.842. The second-order valence-electron chi connectivity index (χ2n) is 3.35. The Hall–Kier alpha value is -0.930. The van der Waals surface area contributed by atoms with Crippen LogP contribution in [0.4, 0.5) is 5.69 Å². The molecule has 15 heavy (non-hydrogen) atoms. The highest BCUT2D eigenvalue weighted by Crippen LogP contribution is 2.28. The monoisotopic (exact) mass is 229 g/mol. The summed E-state index contributed by atoms with van der Waals surface area (Å²) < 4.78 is 10.3. The van der Waals surface area contributed by atoms with E-state index in [1.54, 1.807) is 20.3 Å². The summed E-state index contributed by atoms with van der Waals surface area (Å²) in [6, 6.07) is 5.69. The molecule has 0 fully saturated rings. The van der Waals surface area contributed by atoms with Crippen molar-refractivity contribution in [2.75, 3.05) is 26.1 Å². The molecule has 0 aromatic heterocycles. The average molecular weight is 230 g/mol. The molecule has 0 radical (unpaired) electrons. The van der Waals surface area contributed by atoms with Gasteiger partial charge < -0.3 is 14.8 Å². The minimum absolute atomic E-state index is 0.211. The van der Waals surface area contributed by atoms with Gasteiger partial charge in [-0.1, -0.05) is 11.6 Å². The van der Waals surface area contributed by atoms with Crippen LogP contribution in [0.2, 0.25) is 5.02 Å². The second-order valence-corrected chi connectivity index (χ2v) is 3.78. The van der Waals surface area contributed by atoms with Crippen molar-refractivity contribution in [2.24, 2.45) is 0 Å². The Labute approximate surface area is 95.3 Å². The van der Waals surface area contributed by atoms with Gasteiger partial charge >= 0.3 is 0 Å². The number of nitrogens with one attached hydrogen (secondary N) is 1. The van der Waals surface area contributed by atoms with Crippen molar-refractivity contribution < 1.29 is 9.47 Å². The van der Waals surface area contributed by atoms with Crippen molar-refractivity contribution in [1.82, 2.24) is 0 Å². The first kappa shape index (κ1) is 12.1. The van der Waals surface area contributed by atoms with Crippen LogP contribution in [-0.2, 0) is 4.74 Å². The molecule has 84 valence electrons. The SMILES string of the molecule is COCC(C)Nc1cc(Cl)ccc1OC. The molecule has 1 rings (SSSR count). The number of anilines is 1. The Morgan fingerprint density at radius 2 is 2.13 bits per heavy atom. The van der Waals surface area contributed by atoms with Crippen LogP contribution in [0.25, 0.3) is 0 Å². The summed E-state index contributed by atoms with van der Waals surface area (Å²) >= 11 is 5.91. The third-order valence-corrected chi connectivity index (χ3v) is 2.22. The number of ether oxygens (including phenoxy) is 2. The number of hydrogen-bond acceptors (Lipinski definition) is 3. The fourth-order valence-corrected chi connectivity index (χ4v) is 1.52. The van der Waals surface area contributed by atoms with Crippen LogP contribution in [0.15, 0.2) is 18.2 Å². The lowest BCUT2D eigenvalue weighted by atomic mass is 10.2. The fourth-order valence-electron chi connectivity index (χ4n) is 1.35. The number of rotatable bonds is 5. The molecule has 1 aromatic carbocycles. The summed E-state index contributed by atoms with van der Waals surface area (Å²) in [6.45, 7) is 2.67. The van der Waals surface area contributed by atoms with E-state index in [2.05, 4.69) is 5.32 Å². The van der Waals surface area contributed by atoms with Gasteiger partial charge in [0.25, 0.3) is 0 Å². The molecule has 0 aliphatic carbocycles. The molecule has 0 saturated heterocycles. The van der Waals surface area contributed by atoms with Crippen LogP contribution >= 0.6 is 11.6 Å². The predicted octanol–water partition coefficient (Wildman–Crippen LogP) is 2.80. The van der Waals surface area contributed by atoms with Crippen LogP contribution in [0.1, 0.15) is 6.92 Å². The molecule has 0 heterocycles. The van der Waals surface area contributed by atoms with Gasteiger partial charge in [-0.05, 0) is 25.1 Å². The second kappa shape index (κ2) is 5.83. The van der Waals surface area contributed by atoms with E-state index in [1.165, 1.54) is 0 Å². The number of halogens is 1. The van der Waals surface area contributed by atoms with Gasteiger partial charge in [-0.2, -0.15) is 0 Å². The van der Waals surface area contributed by atoms with E-state index in [4.69, 9.17) is 21.1 Å². The van der Waals surface area contributed by atoms with Crippen LogP contribution in [-0.4, -0.2) is 26.9 Å². The molecule has 1 aromatic rings. The lowest BCUT2D eigenvalue weighted by Gasteiger charge is -2.16. The molecule has 0 spiro atoms. The number of methoxy groups -OCH3 is 2. The maximum Gasteiger partial charge on any atom is 0.142 e. The summed E-state index contributed by atoms with van der Waals surface area (Å²) in [5, 5.41) is 3.95. The maximum absolute atomic E-state index is 5.91. The highest BCUT2D eigenvalue weighted by molar-refractivity contribution is 6.30. The van der Waals surface area contributed by atoms with E-state index in [0.29, 0.717) is 11.6 Å². The molecular formula is C11H16ClNO2. The van der Waals surface area contributed by atoms with Gasteiger partial charge in [0.15, 0.2) is 0 Å². The highest BCUT2D eigenvalue weighted by Gasteiger charge is 2.07. The molecule has 0 aliphatic rings. The van der Waals surface area contributed by atoms with E-state index >= 15 is 0 Å². The van der Waals surface area contributed by atoms with Crippen molar-refractivity contribution >= 4 is 17.3 Å². The Morgan fingerprint density at radius 1 is 1.40 bits per heavy atom. The Morgan fingerprint density at radius 3 is 2.73 bits per heavy atom. The zero-order chi connectivity index (χ0) is 11.3. The van der Waals surface area contributed by atoms with Crippen LogP contribution in [0.3, 0.4) is 0 Å². The fraction of sp³-hybridized carbons (Fsp3) is 0.455. The van der Waals surface area contributed by atoms with Crippen molar-refractivity contribution in [3.63, 3.8) is 0 Å². The minimum Gasteiger partial charge on any atom is -0.495 e. The van der Waals surface area contributed by atoms with E-state index in [1.807, 2.05) is 19.1 Å². The van der Waals surface area contributed by atoms with Crippen molar-refractivity contribution in [1.29, 1.82) is 0 Å². The maximum atomic E-state index is 5.91. The van der Waals surface area contributed by atoms with Gasteiger partial charge in [0.05, 0.1) is 19.4 Å². The summed E-state index contributed by atoms with van der Waals surface area (Å²) in [5.41, 5.74) is 0.884. The third kappa shape index (κ3) is 3.61. The van der Waals surface area contributed by atoms with Gasteiger partial charge in [0.2, 0.25) is 0 Å². The lowest BCUT2D eigenvalue weighted by Crippen LogP contribution is -2.21. The molecule has 0 saturated carbocycles. The Bertz CT molecular complexity index is 317. The molecule has 1 atom stereocenters. The average Bonchev–Trinajstić information content (AvgIpc) is 2.18. The standard InChI is InChI=1S/C11H16ClNO2/c1-8(7-14-2)13-10-6-9(12)4-5-11(10)15-3/h4-6,8,13H,7H2,1-3H3. The summed E-state index contributed by atoms with van der Waals surface area (Å²) in [7, 11) is 3.31.